The molecular weight excluding hydrogens is 329 g/mol. The molecule has 4 aromatic rings. The van der Waals surface area contributed by atoms with Crippen molar-refractivity contribution in [3.8, 4) is 11.6 Å². The van der Waals surface area contributed by atoms with Gasteiger partial charge in [-0.2, -0.15) is 0 Å². The molecule has 0 atom stereocenters. The Morgan fingerprint density at radius 1 is 1.04 bits per heavy atom. The average Bonchev–Trinajstić information content (AvgIpc) is 3.27. The van der Waals surface area contributed by atoms with E-state index in [1.807, 2.05) is 12.1 Å². The third-order valence-corrected chi connectivity index (χ3v) is 4.49. The van der Waals surface area contributed by atoms with Crippen LogP contribution in [0.5, 0.6) is 0 Å². The van der Waals surface area contributed by atoms with Crippen molar-refractivity contribution in [2.75, 3.05) is 0 Å². The summed E-state index contributed by atoms with van der Waals surface area (Å²) in [5.74, 6) is 0.957. The molecule has 2 aromatic heterocycles. The minimum Gasteiger partial charge on any atom is -0.419 e. The Balaban J connectivity index is 1.76. The van der Waals surface area contributed by atoms with Gasteiger partial charge in [-0.05, 0) is 36.2 Å². The fourth-order valence-electron chi connectivity index (χ4n) is 3.12. The van der Waals surface area contributed by atoms with Crippen LogP contribution >= 0.6 is 0 Å². The number of rotatable bonds is 6. The summed E-state index contributed by atoms with van der Waals surface area (Å²) in [6.45, 7) is 2.74. The standard InChI is InChI=1S/C21H20FN3O/c1-2-3-8-20-23-24-21(26-20)19-13-16-6-4-5-7-18(16)25(19)14-15-9-11-17(22)12-10-15/h4-7,9-13H,2-3,8,14H2,1H3. The summed E-state index contributed by atoms with van der Waals surface area (Å²) in [5, 5.41) is 9.54. The molecule has 0 N–H and O–H groups in total. The highest BCUT2D eigenvalue weighted by molar-refractivity contribution is 5.85. The van der Waals surface area contributed by atoms with Crippen LogP contribution < -0.4 is 0 Å². The molecule has 5 heteroatoms. The quantitative estimate of drug-likeness (QED) is 0.479. The molecule has 26 heavy (non-hydrogen) atoms. The molecular formula is C21H20FN3O. The van der Waals surface area contributed by atoms with Crippen molar-refractivity contribution in [1.82, 2.24) is 14.8 Å². The molecule has 4 rings (SSSR count). The van der Waals surface area contributed by atoms with Gasteiger partial charge < -0.3 is 8.98 Å². The number of aryl methyl sites for hydroxylation is 1. The zero-order valence-electron chi connectivity index (χ0n) is 14.7. The molecule has 0 amide bonds. The maximum absolute atomic E-state index is 13.2. The van der Waals surface area contributed by atoms with Crippen LogP contribution in [0.4, 0.5) is 4.39 Å². The molecule has 0 radical (unpaired) electrons. The largest absolute Gasteiger partial charge is 0.419 e. The number of unbranched alkanes of at least 4 members (excludes halogenated alkanes) is 1. The zero-order chi connectivity index (χ0) is 17.9. The van der Waals surface area contributed by atoms with Crippen molar-refractivity contribution < 1.29 is 8.81 Å². The van der Waals surface area contributed by atoms with E-state index in [2.05, 4.69) is 39.9 Å². The summed E-state index contributed by atoms with van der Waals surface area (Å²) in [5.41, 5.74) is 2.98. The second-order valence-electron chi connectivity index (χ2n) is 6.41. The van der Waals surface area contributed by atoms with E-state index < -0.39 is 0 Å². The molecule has 0 bridgehead atoms. The Kier molecular flexibility index (Phi) is 4.52. The van der Waals surface area contributed by atoms with Gasteiger partial charge in [0.05, 0.1) is 0 Å². The van der Waals surface area contributed by atoms with E-state index in [4.69, 9.17) is 4.42 Å². The summed E-state index contributed by atoms with van der Waals surface area (Å²) in [4.78, 5) is 0. The average molecular weight is 349 g/mol. The Labute approximate surface area is 151 Å². The molecule has 132 valence electrons. The topological polar surface area (TPSA) is 43.9 Å². The van der Waals surface area contributed by atoms with Gasteiger partial charge in [-0.15, -0.1) is 10.2 Å². The highest BCUT2D eigenvalue weighted by atomic mass is 19.1. The third-order valence-electron chi connectivity index (χ3n) is 4.49. The van der Waals surface area contributed by atoms with E-state index in [-0.39, 0.29) is 5.82 Å². The molecule has 0 spiro atoms. The first kappa shape index (κ1) is 16.5. The number of benzene rings is 2. The molecule has 4 nitrogen and oxygen atoms in total. The molecule has 0 fully saturated rings. The lowest BCUT2D eigenvalue weighted by Gasteiger charge is -2.09. The summed E-state index contributed by atoms with van der Waals surface area (Å²) < 4.78 is 21.3. The molecule has 0 unspecified atom stereocenters. The van der Waals surface area contributed by atoms with Crippen molar-refractivity contribution in [2.24, 2.45) is 0 Å². The molecule has 0 aliphatic rings. The zero-order valence-corrected chi connectivity index (χ0v) is 14.7. The van der Waals surface area contributed by atoms with Crippen LogP contribution in [0.3, 0.4) is 0 Å². The van der Waals surface area contributed by atoms with E-state index in [9.17, 15) is 4.39 Å². The predicted molar refractivity (Wildman–Crippen MR) is 99.3 cm³/mol. The summed E-state index contributed by atoms with van der Waals surface area (Å²) in [6, 6.07) is 16.8. The minimum atomic E-state index is -0.233. The smallest absolute Gasteiger partial charge is 0.264 e. The van der Waals surface area contributed by atoms with E-state index >= 15 is 0 Å². The van der Waals surface area contributed by atoms with Gasteiger partial charge in [0.25, 0.3) is 5.89 Å². The lowest BCUT2D eigenvalue weighted by atomic mass is 10.2. The highest BCUT2D eigenvalue weighted by Gasteiger charge is 2.16. The minimum absolute atomic E-state index is 0.233. The van der Waals surface area contributed by atoms with Crippen molar-refractivity contribution >= 4 is 10.9 Å². The number of halogens is 1. The fourth-order valence-corrected chi connectivity index (χ4v) is 3.12. The van der Waals surface area contributed by atoms with E-state index in [1.54, 1.807) is 12.1 Å². The summed E-state index contributed by atoms with van der Waals surface area (Å²) in [6.07, 6.45) is 2.91. The molecule has 0 saturated heterocycles. The van der Waals surface area contributed by atoms with Crippen LogP contribution in [-0.4, -0.2) is 14.8 Å². The summed E-state index contributed by atoms with van der Waals surface area (Å²) >= 11 is 0. The Morgan fingerprint density at radius 2 is 1.85 bits per heavy atom. The Hall–Kier alpha value is -2.95. The highest BCUT2D eigenvalue weighted by Crippen LogP contribution is 2.28. The lowest BCUT2D eigenvalue weighted by molar-refractivity contribution is 0.492. The van der Waals surface area contributed by atoms with Crippen LogP contribution in [0.2, 0.25) is 0 Å². The van der Waals surface area contributed by atoms with E-state index in [0.717, 1.165) is 41.4 Å². The van der Waals surface area contributed by atoms with Gasteiger partial charge in [-0.3, -0.25) is 0 Å². The van der Waals surface area contributed by atoms with Crippen molar-refractivity contribution in [3.05, 3.63) is 71.9 Å². The normalized spacial score (nSPS) is 11.3. The Bertz CT molecular complexity index is 1020. The van der Waals surface area contributed by atoms with Crippen LogP contribution in [0.1, 0.15) is 31.2 Å². The van der Waals surface area contributed by atoms with Crippen molar-refractivity contribution in [3.63, 3.8) is 0 Å². The molecule has 0 aliphatic heterocycles. The van der Waals surface area contributed by atoms with Gasteiger partial charge in [0.2, 0.25) is 5.89 Å². The number of aromatic nitrogens is 3. The van der Waals surface area contributed by atoms with Crippen LogP contribution in [0.15, 0.2) is 59.0 Å². The third kappa shape index (κ3) is 3.25. The van der Waals surface area contributed by atoms with E-state index in [1.165, 1.54) is 12.1 Å². The van der Waals surface area contributed by atoms with Gasteiger partial charge in [0, 0.05) is 23.9 Å². The predicted octanol–water partition coefficient (Wildman–Crippen LogP) is 5.22. The summed E-state index contributed by atoms with van der Waals surface area (Å²) in [7, 11) is 0. The maximum atomic E-state index is 13.2. The van der Waals surface area contributed by atoms with Gasteiger partial charge in [-0.1, -0.05) is 43.7 Å². The second kappa shape index (κ2) is 7.12. The molecule has 2 heterocycles. The van der Waals surface area contributed by atoms with Crippen LogP contribution in [0, 0.1) is 5.82 Å². The molecule has 0 aliphatic carbocycles. The number of fused-ring (bicyclic) bond motifs is 1. The lowest BCUT2D eigenvalue weighted by Crippen LogP contribution is -2.02. The van der Waals surface area contributed by atoms with Gasteiger partial charge >= 0.3 is 0 Å². The molecule has 2 aromatic carbocycles. The van der Waals surface area contributed by atoms with Crippen molar-refractivity contribution in [1.29, 1.82) is 0 Å². The second-order valence-corrected chi connectivity index (χ2v) is 6.41. The van der Waals surface area contributed by atoms with Gasteiger partial charge in [-0.25, -0.2) is 4.39 Å². The van der Waals surface area contributed by atoms with Gasteiger partial charge in [0.1, 0.15) is 11.5 Å². The number of hydrogen-bond donors (Lipinski definition) is 0. The monoisotopic (exact) mass is 349 g/mol. The van der Waals surface area contributed by atoms with Crippen LogP contribution in [-0.2, 0) is 13.0 Å². The van der Waals surface area contributed by atoms with Crippen molar-refractivity contribution in [2.45, 2.75) is 32.7 Å². The number of nitrogens with zero attached hydrogens (tertiary/aromatic N) is 3. The SMILES string of the molecule is CCCCc1nnc(-c2cc3ccccc3n2Cc2ccc(F)cc2)o1. The van der Waals surface area contributed by atoms with Gasteiger partial charge in [0.15, 0.2) is 0 Å². The molecule has 0 saturated carbocycles. The van der Waals surface area contributed by atoms with E-state index in [0.29, 0.717) is 18.3 Å². The first-order chi connectivity index (χ1) is 12.7. The number of para-hydroxylation sites is 1. The van der Waals surface area contributed by atoms with Crippen LogP contribution in [0.25, 0.3) is 22.5 Å². The Morgan fingerprint density at radius 3 is 2.65 bits per heavy atom. The number of hydrogen-bond acceptors (Lipinski definition) is 3. The first-order valence-electron chi connectivity index (χ1n) is 8.90. The maximum Gasteiger partial charge on any atom is 0.264 e. The first-order valence-corrected chi connectivity index (χ1v) is 8.90. The fraction of sp³-hybridized carbons (Fsp3) is 0.238.